The molecule has 106 valence electrons. The highest BCUT2D eigenvalue weighted by Gasteiger charge is 2.29. The summed E-state index contributed by atoms with van der Waals surface area (Å²) >= 11 is 0. The summed E-state index contributed by atoms with van der Waals surface area (Å²) < 4.78 is 0. The molecule has 0 aromatic heterocycles. The van der Waals surface area contributed by atoms with Gasteiger partial charge in [0, 0.05) is 7.11 Å². The average molecular weight is 247 g/mol. The molecule has 0 saturated carbocycles. The second kappa shape index (κ2) is 10.6. The molecule has 0 atom stereocenters. The molecule has 3 heteroatoms. The summed E-state index contributed by atoms with van der Waals surface area (Å²) in [5.41, 5.74) is 5.16. The monoisotopic (exact) mass is 247 g/mol. The third kappa shape index (κ3) is 13.4. The van der Waals surface area contributed by atoms with E-state index in [4.69, 9.17) is 9.90 Å². The van der Waals surface area contributed by atoms with Crippen LogP contribution in [0.5, 0.6) is 0 Å². The van der Waals surface area contributed by atoms with Crippen molar-refractivity contribution in [1.82, 2.24) is 0 Å². The lowest BCUT2D eigenvalue weighted by atomic mass is 9.68. The Hall–Kier alpha value is -0.570. The molecule has 0 rings (SSSR count). The highest BCUT2D eigenvalue weighted by atomic mass is 16.2. The Labute approximate surface area is 108 Å². The van der Waals surface area contributed by atoms with Gasteiger partial charge in [0.15, 0.2) is 0 Å². The first-order valence-corrected chi connectivity index (χ1v) is 6.23. The fraction of sp³-hybridized carbons (Fsp3) is 0.929. The molecular weight excluding hydrogens is 214 g/mol. The van der Waals surface area contributed by atoms with Gasteiger partial charge in [-0.1, -0.05) is 54.9 Å². The zero-order chi connectivity index (χ0) is 14.7. The molecule has 3 N–H and O–H groups in total. The number of hydrogen-bond donors (Lipinski definition) is 2. The van der Waals surface area contributed by atoms with E-state index in [1.807, 2.05) is 0 Å². The molecule has 0 bridgehead atoms. The standard InChI is InChI=1S/C12H26.CH3NO.CH4O/c1-8-11(4,5)9-12(6,7)10(2)3;2-1-3;1-2/h10H,8-9H2,1-7H3;1H,(H2,2,3);2H,1H3. The van der Waals surface area contributed by atoms with Crippen LogP contribution in [0.2, 0.25) is 0 Å². The van der Waals surface area contributed by atoms with Gasteiger partial charge in [-0.2, -0.15) is 0 Å². The molecule has 0 heterocycles. The summed E-state index contributed by atoms with van der Waals surface area (Å²) in [4.78, 5) is 8.58. The van der Waals surface area contributed by atoms with Gasteiger partial charge in [-0.3, -0.25) is 4.79 Å². The number of carbonyl (C=O) groups is 1. The number of nitrogens with two attached hydrogens (primary N) is 1. The molecule has 0 aliphatic heterocycles. The third-order valence-corrected chi connectivity index (χ3v) is 3.45. The Balaban J connectivity index is -0.000000337. The van der Waals surface area contributed by atoms with Crippen LogP contribution in [0.3, 0.4) is 0 Å². The Morgan fingerprint density at radius 1 is 1.18 bits per heavy atom. The van der Waals surface area contributed by atoms with Crippen molar-refractivity contribution in [2.24, 2.45) is 22.5 Å². The summed E-state index contributed by atoms with van der Waals surface area (Å²) in [7, 11) is 1.00. The van der Waals surface area contributed by atoms with Gasteiger partial charge in [0.05, 0.1) is 0 Å². The van der Waals surface area contributed by atoms with Crippen LogP contribution < -0.4 is 5.73 Å². The highest BCUT2D eigenvalue weighted by Crippen LogP contribution is 2.40. The van der Waals surface area contributed by atoms with Gasteiger partial charge in [0.25, 0.3) is 0 Å². The topological polar surface area (TPSA) is 63.3 Å². The molecule has 1 amide bonds. The first-order chi connectivity index (χ1) is 7.63. The van der Waals surface area contributed by atoms with E-state index in [0.717, 1.165) is 13.0 Å². The molecule has 3 nitrogen and oxygen atoms in total. The Kier molecular flexibility index (Phi) is 13.5. The molecule has 0 fully saturated rings. The van der Waals surface area contributed by atoms with Gasteiger partial charge in [0.1, 0.15) is 0 Å². The van der Waals surface area contributed by atoms with Crippen molar-refractivity contribution < 1.29 is 9.90 Å². The predicted molar refractivity (Wildman–Crippen MR) is 75.7 cm³/mol. The van der Waals surface area contributed by atoms with Crippen molar-refractivity contribution in [2.45, 2.75) is 61.3 Å². The van der Waals surface area contributed by atoms with Crippen molar-refractivity contribution >= 4 is 6.41 Å². The van der Waals surface area contributed by atoms with Crippen LogP contribution in [0.1, 0.15) is 61.3 Å². The Morgan fingerprint density at radius 3 is 1.65 bits per heavy atom. The van der Waals surface area contributed by atoms with Gasteiger partial charge < -0.3 is 10.8 Å². The SMILES string of the molecule is CCC(C)(C)CC(C)(C)C(C)C.CO.NC=O. The van der Waals surface area contributed by atoms with Crippen LogP contribution in [0.15, 0.2) is 0 Å². The molecular formula is C14H33NO2. The zero-order valence-corrected chi connectivity index (χ0v) is 13.0. The fourth-order valence-corrected chi connectivity index (χ4v) is 1.56. The van der Waals surface area contributed by atoms with E-state index in [9.17, 15) is 0 Å². The maximum atomic E-state index is 8.58. The van der Waals surface area contributed by atoms with Gasteiger partial charge >= 0.3 is 0 Å². The van der Waals surface area contributed by atoms with Crippen LogP contribution in [0, 0.1) is 16.7 Å². The molecule has 0 saturated heterocycles. The van der Waals surface area contributed by atoms with Crippen LogP contribution in [0.4, 0.5) is 0 Å². The molecule has 17 heavy (non-hydrogen) atoms. The summed E-state index contributed by atoms with van der Waals surface area (Å²) in [6.45, 7) is 16.5. The van der Waals surface area contributed by atoms with E-state index < -0.39 is 0 Å². The number of amides is 1. The lowest BCUT2D eigenvalue weighted by Gasteiger charge is -2.37. The molecule has 0 unspecified atom stereocenters. The predicted octanol–water partition coefficient (Wildman–Crippen LogP) is 3.20. The van der Waals surface area contributed by atoms with Crippen molar-refractivity contribution in [3.05, 3.63) is 0 Å². The second-order valence-corrected chi connectivity index (χ2v) is 5.97. The molecule has 0 spiro atoms. The van der Waals surface area contributed by atoms with Crippen molar-refractivity contribution in [1.29, 1.82) is 0 Å². The first kappa shape index (κ1) is 21.7. The van der Waals surface area contributed by atoms with E-state index in [2.05, 4.69) is 54.2 Å². The van der Waals surface area contributed by atoms with Gasteiger partial charge in [-0.05, 0) is 23.2 Å². The highest BCUT2D eigenvalue weighted by molar-refractivity contribution is 5.42. The molecule has 0 radical (unpaired) electrons. The quantitative estimate of drug-likeness (QED) is 0.749. The number of aliphatic hydroxyl groups excluding tert-OH is 1. The third-order valence-electron chi connectivity index (χ3n) is 3.45. The summed E-state index contributed by atoms with van der Waals surface area (Å²) in [6, 6.07) is 0. The van der Waals surface area contributed by atoms with E-state index in [0.29, 0.717) is 10.8 Å². The number of hydrogen-bond acceptors (Lipinski definition) is 2. The molecule has 0 aliphatic carbocycles. The van der Waals surface area contributed by atoms with Crippen molar-refractivity contribution in [3.63, 3.8) is 0 Å². The summed E-state index contributed by atoms with van der Waals surface area (Å²) in [5, 5.41) is 7.00. The summed E-state index contributed by atoms with van der Waals surface area (Å²) in [6.07, 6.45) is 2.86. The smallest absolute Gasteiger partial charge is 0.204 e. The number of primary amides is 1. The van der Waals surface area contributed by atoms with Crippen LogP contribution in [-0.2, 0) is 4.79 Å². The lowest BCUT2D eigenvalue weighted by Crippen LogP contribution is -2.27. The molecule has 0 aromatic carbocycles. The number of carbonyl (C=O) groups excluding carboxylic acids is 1. The maximum Gasteiger partial charge on any atom is 0.204 e. The molecule has 0 aromatic rings. The average Bonchev–Trinajstić information content (AvgIpc) is 2.20. The molecule has 0 aliphatic rings. The second-order valence-electron chi connectivity index (χ2n) is 5.97. The zero-order valence-electron chi connectivity index (χ0n) is 13.0. The lowest BCUT2D eigenvalue weighted by molar-refractivity contribution is -0.106. The minimum absolute atomic E-state index is 0.250. The van der Waals surface area contributed by atoms with Crippen LogP contribution >= 0.6 is 0 Å². The largest absolute Gasteiger partial charge is 0.400 e. The number of aliphatic hydroxyl groups is 1. The minimum Gasteiger partial charge on any atom is -0.400 e. The maximum absolute atomic E-state index is 8.58. The van der Waals surface area contributed by atoms with E-state index in [-0.39, 0.29) is 6.41 Å². The van der Waals surface area contributed by atoms with Gasteiger partial charge in [-0.15, -0.1) is 0 Å². The summed E-state index contributed by atoms with van der Waals surface area (Å²) in [5.74, 6) is 0.781. The van der Waals surface area contributed by atoms with E-state index in [1.165, 1.54) is 12.8 Å². The van der Waals surface area contributed by atoms with Crippen molar-refractivity contribution in [3.8, 4) is 0 Å². The van der Waals surface area contributed by atoms with E-state index in [1.54, 1.807) is 0 Å². The van der Waals surface area contributed by atoms with Gasteiger partial charge in [0.2, 0.25) is 6.41 Å². The van der Waals surface area contributed by atoms with Crippen molar-refractivity contribution in [2.75, 3.05) is 7.11 Å². The van der Waals surface area contributed by atoms with E-state index >= 15 is 0 Å². The first-order valence-electron chi connectivity index (χ1n) is 6.23. The Morgan fingerprint density at radius 2 is 1.47 bits per heavy atom. The van der Waals surface area contributed by atoms with Crippen LogP contribution in [-0.4, -0.2) is 18.6 Å². The normalized spacial score (nSPS) is 10.9. The van der Waals surface area contributed by atoms with Gasteiger partial charge in [-0.25, -0.2) is 0 Å². The number of rotatable bonds is 4. The minimum atomic E-state index is 0.250. The van der Waals surface area contributed by atoms with Crippen LogP contribution in [0.25, 0.3) is 0 Å². The Bertz CT molecular complexity index is 175. The fourth-order valence-electron chi connectivity index (χ4n) is 1.56.